The first-order valence-electron chi connectivity index (χ1n) is 7.39. The SMILES string of the molecule is CC(=O)Oc1c(-c2ccc(Cl)cc2)oc2cc(C)c(C)cc2c1=O. The second-order valence-corrected chi connectivity index (χ2v) is 6.06. The number of carbonyl (C=O) groups excluding carboxylic acids is 1. The molecule has 1 heterocycles. The number of carbonyl (C=O) groups is 1. The van der Waals surface area contributed by atoms with Crippen LogP contribution >= 0.6 is 11.6 Å². The van der Waals surface area contributed by atoms with E-state index in [1.54, 1.807) is 30.3 Å². The lowest BCUT2D eigenvalue weighted by molar-refractivity contribution is -0.131. The van der Waals surface area contributed by atoms with Crippen molar-refractivity contribution < 1.29 is 13.9 Å². The van der Waals surface area contributed by atoms with Crippen molar-refractivity contribution in [1.29, 1.82) is 0 Å². The van der Waals surface area contributed by atoms with Crippen LogP contribution in [0.4, 0.5) is 0 Å². The summed E-state index contributed by atoms with van der Waals surface area (Å²) in [4.78, 5) is 24.3. The van der Waals surface area contributed by atoms with E-state index in [1.807, 2.05) is 19.9 Å². The molecule has 0 unspecified atom stereocenters. The van der Waals surface area contributed by atoms with Crippen LogP contribution in [0.15, 0.2) is 45.6 Å². The highest BCUT2D eigenvalue weighted by Gasteiger charge is 2.19. The van der Waals surface area contributed by atoms with Crippen LogP contribution in [0.1, 0.15) is 18.1 Å². The molecule has 0 aliphatic rings. The van der Waals surface area contributed by atoms with Gasteiger partial charge in [0.2, 0.25) is 11.2 Å². The van der Waals surface area contributed by atoms with Crippen LogP contribution < -0.4 is 10.2 Å². The summed E-state index contributed by atoms with van der Waals surface area (Å²) >= 11 is 5.91. The fourth-order valence-corrected chi connectivity index (χ4v) is 2.59. The molecule has 5 heteroatoms. The summed E-state index contributed by atoms with van der Waals surface area (Å²) in [6.45, 7) is 5.10. The molecule has 0 amide bonds. The minimum Gasteiger partial charge on any atom is -0.452 e. The first-order valence-corrected chi connectivity index (χ1v) is 7.77. The van der Waals surface area contributed by atoms with Gasteiger partial charge in [0, 0.05) is 17.5 Å². The molecular formula is C19H15ClO4. The minimum atomic E-state index is -0.583. The lowest BCUT2D eigenvalue weighted by atomic mass is 10.0. The summed E-state index contributed by atoms with van der Waals surface area (Å²) in [5.41, 5.74) is 2.65. The molecule has 3 aromatic rings. The highest BCUT2D eigenvalue weighted by molar-refractivity contribution is 6.30. The number of esters is 1. The van der Waals surface area contributed by atoms with E-state index in [0.717, 1.165) is 11.1 Å². The first-order chi connectivity index (χ1) is 11.4. The minimum absolute atomic E-state index is 0.111. The Morgan fingerprint density at radius 3 is 2.33 bits per heavy atom. The number of ether oxygens (including phenoxy) is 1. The van der Waals surface area contributed by atoms with Crippen molar-refractivity contribution in [2.24, 2.45) is 0 Å². The Hall–Kier alpha value is -2.59. The van der Waals surface area contributed by atoms with Crippen LogP contribution in [-0.4, -0.2) is 5.97 Å². The largest absolute Gasteiger partial charge is 0.452 e. The summed E-state index contributed by atoms with van der Waals surface area (Å²) in [7, 11) is 0. The summed E-state index contributed by atoms with van der Waals surface area (Å²) in [6, 6.07) is 10.3. The fourth-order valence-electron chi connectivity index (χ4n) is 2.46. The number of benzene rings is 2. The molecule has 0 atom stereocenters. The zero-order valence-electron chi connectivity index (χ0n) is 13.5. The third-order valence-electron chi connectivity index (χ3n) is 3.82. The molecule has 4 nitrogen and oxygen atoms in total. The molecule has 122 valence electrons. The third kappa shape index (κ3) is 2.93. The Labute approximate surface area is 143 Å². The predicted molar refractivity (Wildman–Crippen MR) is 93.7 cm³/mol. The average molecular weight is 343 g/mol. The molecule has 0 bridgehead atoms. The van der Waals surface area contributed by atoms with Crippen LogP contribution in [-0.2, 0) is 4.79 Å². The first kappa shape index (κ1) is 16.3. The van der Waals surface area contributed by atoms with E-state index in [-0.39, 0.29) is 16.9 Å². The second-order valence-electron chi connectivity index (χ2n) is 5.62. The van der Waals surface area contributed by atoms with Crippen LogP contribution in [0, 0.1) is 13.8 Å². The smallest absolute Gasteiger partial charge is 0.308 e. The number of hydrogen-bond donors (Lipinski definition) is 0. The Kier molecular flexibility index (Phi) is 4.16. The van der Waals surface area contributed by atoms with Gasteiger partial charge < -0.3 is 9.15 Å². The molecule has 0 saturated heterocycles. The third-order valence-corrected chi connectivity index (χ3v) is 4.07. The molecule has 24 heavy (non-hydrogen) atoms. The van der Waals surface area contributed by atoms with E-state index in [9.17, 15) is 9.59 Å². The highest BCUT2D eigenvalue weighted by Crippen LogP contribution is 2.32. The van der Waals surface area contributed by atoms with E-state index in [4.69, 9.17) is 20.8 Å². The molecule has 1 aromatic heterocycles. The molecule has 0 spiro atoms. The van der Waals surface area contributed by atoms with Crippen molar-refractivity contribution in [1.82, 2.24) is 0 Å². The van der Waals surface area contributed by atoms with Crippen molar-refractivity contribution in [2.45, 2.75) is 20.8 Å². The molecule has 0 radical (unpaired) electrons. The van der Waals surface area contributed by atoms with Gasteiger partial charge in [0.25, 0.3) is 0 Å². The Morgan fingerprint density at radius 2 is 1.71 bits per heavy atom. The lowest BCUT2D eigenvalue weighted by Gasteiger charge is -2.11. The monoisotopic (exact) mass is 342 g/mol. The van der Waals surface area contributed by atoms with E-state index in [2.05, 4.69) is 0 Å². The van der Waals surface area contributed by atoms with Crippen molar-refractivity contribution in [3.05, 3.63) is 62.8 Å². The molecule has 0 saturated carbocycles. The Bertz CT molecular complexity index is 1000. The molecule has 0 fully saturated rings. The Morgan fingerprint density at radius 1 is 1.08 bits per heavy atom. The molecular weight excluding hydrogens is 328 g/mol. The van der Waals surface area contributed by atoms with Gasteiger partial charge in [-0.25, -0.2) is 0 Å². The maximum Gasteiger partial charge on any atom is 0.308 e. The normalized spacial score (nSPS) is 10.8. The summed E-state index contributed by atoms with van der Waals surface area (Å²) in [5, 5.41) is 0.939. The standard InChI is InChI=1S/C19H15ClO4/c1-10-8-15-16(9-11(10)2)24-18(13-4-6-14(20)7-5-13)19(17(15)22)23-12(3)21/h4-9H,1-3H3. The van der Waals surface area contributed by atoms with E-state index in [0.29, 0.717) is 21.6 Å². The average Bonchev–Trinajstić information content (AvgIpc) is 2.53. The molecule has 0 N–H and O–H groups in total. The molecule has 3 rings (SSSR count). The van der Waals surface area contributed by atoms with Crippen molar-refractivity contribution >= 4 is 28.5 Å². The molecule has 2 aromatic carbocycles. The fraction of sp³-hybridized carbons (Fsp3) is 0.158. The number of fused-ring (bicyclic) bond motifs is 1. The van der Waals surface area contributed by atoms with E-state index in [1.165, 1.54) is 6.92 Å². The van der Waals surface area contributed by atoms with Crippen molar-refractivity contribution in [3.8, 4) is 17.1 Å². The summed E-state index contributed by atoms with van der Waals surface area (Å²) in [5.74, 6) is -0.483. The van der Waals surface area contributed by atoms with Gasteiger partial charge in [-0.05, 0) is 61.4 Å². The summed E-state index contributed by atoms with van der Waals surface area (Å²) in [6.07, 6.45) is 0. The number of rotatable bonds is 2. The summed E-state index contributed by atoms with van der Waals surface area (Å²) < 4.78 is 11.1. The van der Waals surface area contributed by atoms with Gasteiger partial charge in [-0.1, -0.05) is 11.6 Å². The maximum atomic E-state index is 12.8. The highest BCUT2D eigenvalue weighted by atomic mass is 35.5. The van der Waals surface area contributed by atoms with Gasteiger partial charge in [-0.3, -0.25) is 9.59 Å². The molecule has 0 aliphatic heterocycles. The number of halogens is 1. The van der Waals surface area contributed by atoms with Gasteiger partial charge in [-0.2, -0.15) is 0 Å². The van der Waals surface area contributed by atoms with Crippen LogP contribution in [0.2, 0.25) is 5.02 Å². The second kappa shape index (κ2) is 6.13. The number of aryl methyl sites for hydroxylation is 2. The maximum absolute atomic E-state index is 12.8. The van der Waals surface area contributed by atoms with E-state index >= 15 is 0 Å². The van der Waals surface area contributed by atoms with Crippen LogP contribution in [0.5, 0.6) is 5.75 Å². The zero-order valence-corrected chi connectivity index (χ0v) is 14.2. The van der Waals surface area contributed by atoms with E-state index < -0.39 is 5.97 Å². The van der Waals surface area contributed by atoms with Crippen molar-refractivity contribution in [3.63, 3.8) is 0 Å². The van der Waals surface area contributed by atoms with Gasteiger partial charge in [0.1, 0.15) is 5.58 Å². The van der Waals surface area contributed by atoms with Crippen molar-refractivity contribution in [2.75, 3.05) is 0 Å². The lowest BCUT2D eigenvalue weighted by Crippen LogP contribution is -2.13. The zero-order chi connectivity index (χ0) is 17.4. The molecule has 0 aliphatic carbocycles. The predicted octanol–water partition coefficient (Wildman–Crippen LogP) is 4.66. The van der Waals surface area contributed by atoms with Gasteiger partial charge in [0.15, 0.2) is 5.76 Å². The number of hydrogen-bond acceptors (Lipinski definition) is 4. The van der Waals surface area contributed by atoms with Crippen LogP contribution in [0.25, 0.3) is 22.3 Å². The quantitative estimate of drug-likeness (QED) is 0.636. The van der Waals surface area contributed by atoms with Crippen LogP contribution in [0.3, 0.4) is 0 Å². The Balaban J connectivity index is 2.37. The van der Waals surface area contributed by atoms with Gasteiger partial charge >= 0.3 is 5.97 Å². The topological polar surface area (TPSA) is 56.5 Å². The van der Waals surface area contributed by atoms with Gasteiger partial charge in [0.05, 0.1) is 5.39 Å². The van der Waals surface area contributed by atoms with Gasteiger partial charge in [-0.15, -0.1) is 0 Å².